The summed E-state index contributed by atoms with van der Waals surface area (Å²) in [7, 11) is 0. The second kappa shape index (κ2) is 8.76. The van der Waals surface area contributed by atoms with Gasteiger partial charge in [0.2, 0.25) is 0 Å². The number of amides is 1. The number of benzene rings is 1. The highest BCUT2D eigenvalue weighted by Gasteiger charge is 2.32. The average molecular weight is 367 g/mol. The minimum atomic E-state index is -0.551. The van der Waals surface area contributed by atoms with Gasteiger partial charge in [-0.3, -0.25) is 0 Å². The Morgan fingerprint density at radius 1 is 1.26 bits per heavy atom. The van der Waals surface area contributed by atoms with Crippen LogP contribution in [-0.2, 0) is 4.74 Å². The molecule has 1 aromatic rings. The third kappa shape index (κ3) is 5.36. The molecule has 27 heavy (non-hydrogen) atoms. The van der Waals surface area contributed by atoms with Gasteiger partial charge in [0.15, 0.2) is 0 Å². The van der Waals surface area contributed by atoms with E-state index in [9.17, 15) is 4.79 Å². The van der Waals surface area contributed by atoms with E-state index >= 15 is 0 Å². The SMILES string of the molecule is C=C/C=C1\C(=C/C=C)Oc2ccccc2C1NC(=O)OC(C)(C)CC(C)C. The molecule has 4 heteroatoms. The quantitative estimate of drug-likeness (QED) is 0.686. The first kappa shape index (κ1) is 20.6. The number of hydrogen-bond acceptors (Lipinski definition) is 3. The van der Waals surface area contributed by atoms with Crippen molar-refractivity contribution in [3.05, 3.63) is 78.6 Å². The van der Waals surface area contributed by atoms with E-state index in [0.29, 0.717) is 17.4 Å². The summed E-state index contributed by atoms with van der Waals surface area (Å²) in [5.74, 6) is 1.74. The second-order valence-corrected chi connectivity index (χ2v) is 7.59. The highest BCUT2D eigenvalue weighted by Crippen LogP contribution is 2.40. The van der Waals surface area contributed by atoms with Gasteiger partial charge in [-0.05, 0) is 38.3 Å². The molecule has 1 unspecified atom stereocenters. The topological polar surface area (TPSA) is 47.6 Å². The Morgan fingerprint density at radius 3 is 2.56 bits per heavy atom. The molecule has 4 nitrogen and oxygen atoms in total. The lowest BCUT2D eigenvalue weighted by Gasteiger charge is -2.32. The molecule has 1 amide bonds. The van der Waals surface area contributed by atoms with Gasteiger partial charge in [0.25, 0.3) is 0 Å². The van der Waals surface area contributed by atoms with Crippen LogP contribution in [0.2, 0.25) is 0 Å². The smallest absolute Gasteiger partial charge is 0.408 e. The van der Waals surface area contributed by atoms with Gasteiger partial charge in [-0.1, -0.05) is 63.4 Å². The van der Waals surface area contributed by atoms with Crippen LogP contribution in [-0.4, -0.2) is 11.7 Å². The minimum Gasteiger partial charge on any atom is -0.457 e. The lowest BCUT2D eigenvalue weighted by Crippen LogP contribution is -2.39. The fraction of sp³-hybridized carbons (Fsp3) is 0.348. The van der Waals surface area contributed by atoms with Gasteiger partial charge in [0, 0.05) is 11.1 Å². The molecule has 144 valence electrons. The van der Waals surface area contributed by atoms with Crippen LogP contribution in [0.15, 0.2) is 73.1 Å². The lowest BCUT2D eigenvalue weighted by molar-refractivity contribution is 0.0227. The maximum Gasteiger partial charge on any atom is 0.408 e. The van der Waals surface area contributed by atoms with E-state index in [2.05, 4.69) is 32.3 Å². The number of nitrogens with one attached hydrogen (secondary N) is 1. The number of fused-ring (bicyclic) bond motifs is 1. The first-order valence-electron chi connectivity index (χ1n) is 9.19. The molecule has 1 N–H and O–H groups in total. The largest absolute Gasteiger partial charge is 0.457 e. The Bertz CT molecular complexity index is 772. The molecule has 0 bridgehead atoms. The van der Waals surface area contributed by atoms with Gasteiger partial charge in [-0.25, -0.2) is 4.79 Å². The van der Waals surface area contributed by atoms with Gasteiger partial charge in [0.1, 0.15) is 17.1 Å². The average Bonchev–Trinajstić information content (AvgIpc) is 2.56. The summed E-state index contributed by atoms with van der Waals surface area (Å²) >= 11 is 0. The van der Waals surface area contributed by atoms with Gasteiger partial charge in [-0.15, -0.1) is 0 Å². The summed E-state index contributed by atoms with van der Waals surface area (Å²) in [6.45, 7) is 15.6. The number of ether oxygens (including phenoxy) is 2. The number of allylic oxidation sites excluding steroid dienone is 4. The van der Waals surface area contributed by atoms with Crippen LogP contribution in [0.25, 0.3) is 0 Å². The Balaban J connectivity index is 2.34. The molecule has 0 spiro atoms. The molecule has 1 aliphatic heterocycles. The maximum atomic E-state index is 12.7. The van der Waals surface area contributed by atoms with Crippen LogP contribution in [0, 0.1) is 5.92 Å². The van der Waals surface area contributed by atoms with E-state index in [4.69, 9.17) is 9.47 Å². The van der Waals surface area contributed by atoms with Crippen molar-refractivity contribution < 1.29 is 14.3 Å². The summed E-state index contributed by atoms with van der Waals surface area (Å²) in [5.41, 5.74) is 1.11. The normalized spacial score (nSPS) is 19.4. The predicted octanol–water partition coefficient (Wildman–Crippen LogP) is 5.85. The predicted molar refractivity (Wildman–Crippen MR) is 110 cm³/mol. The van der Waals surface area contributed by atoms with Gasteiger partial charge >= 0.3 is 6.09 Å². The van der Waals surface area contributed by atoms with Crippen LogP contribution in [0.4, 0.5) is 4.79 Å². The van der Waals surface area contributed by atoms with Gasteiger partial charge in [-0.2, -0.15) is 0 Å². The van der Waals surface area contributed by atoms with E-state index in [1.807, 2.05) is 44.2 Å². The number of rotatable bonds is 6. The summed E-state index contributed by atoms with van der Waals surface area (Å²) in [4.78, 5) is 12.7. The van der Waals surface area contributed by atoms with Crippen LogP contribution in [0.5, 0.6) is 5.75 Å². The van der Waals surface area contributed by atoms with Crippen LogP contribution in [0.1, 0.15) is 45.7 Å². The molecule has 0 aromatic heterocycles. The molecule has 1 heterocycles. The molecular weight excluding hydrogens is 338 g/mol. The molecule has 1 atom stereocenters. The van der Waals surface area contributed by atoms with Crippen molar-refractivity contribution in [3.63, 3.8) is 0 Å². The fourth-order valence-corrected chi connectivity index (χ4v) is 3.42. The number of para-hydroxylation sites is 1. The minimum absolute atomic E-state index is 0.401. The molecule has 0 fully saturated rings. The van der Waals surface area contributed by atoms with Crippen LogP contribution >= 0.6 is 0 Å². The molecule has 2 rings (SSSR count). The fourth-order valence-electron chi connectivity index (χ4n) is 3.42. The van der Waals surface area contributed by atoms with E-state index in [0.717, 1.165) is 17.6 Å². The zero-order valence-corrected chi connectivity index (χ0v) is 16.6. The number of hydrogen-bond donors (Lipinski definition) is 1. The van der Waals surface area contributed by atoms with Crippen molar-refractivity contribution in [2.24, 2.45) is 5.92 Å². The monoisotopic (exact) mass is 367 g/mol. The van der Waals surface area contributed by atoms with Crippen molar-refractivity contribution in [1.82, 2.24) is 5.32 Å². The standard InChI is InChI=1S/C23H29NO3/c1-7-11-17-19(12-8-2)26-20-14-10-9-13-18(20)21(17)24-22(25)27-23(5,6)15-16(3)4/h7-14,16,21H,1-2,15H2,3-6H3,(H,24,25)/b17-11+,19-12+. The first-order chi connectivity index (χ1) is 12.8. The number of carbonyl (C=O) groups is 1. The molecule has 0 aliphatic carbocycles. The third-order valence-electron chi connectivity index (χ3n) is 4.14. The zero-order valence-electron chi connectivity index (χ0n) is 16.6. The van der Waals surface area contributed by atoms with E-state index in [-0.39, 0.29) is 0 Å². The van der Waals surface area contributed by atoms with Crippen molar-refractivity contribution in [2.75, 3.05) is 0 Å². The molecule has 0 radical (unpaired) electrons. The highest BCUT2D eigenvalue weighted by molar-refractivity contribution is 5.70. The van der Waals surface area contributed by atoms with Gasteiger partial charge in [0.05, 0.1) is 6.04 Å². The first-order valence-corrected chi connectivity index (χ1v) is 9.19. The van der Waals surface area contributed by atoms with E-state index in [1.54, 1.807) is 18.2 Å². The lowest BCUT2D eigenvalue weighted by atomic mass is 9.93. The molecule has 0 saturated heterocycles. The van der Waals surface area contributed by atoms with Crippen LogP contribution < -0.4 is 10.1 Å². The zero-order chi connectivity index (χ0) is 20.0. The third-order valence-corrected chi connectivity index (χ3v) is 4.14. The maximum absolute atomic E-state index is 12.7. The molecule has 1 aromatic carbocycles. The van der Waals surface area contributed by atoms with E-state index < -0.39 is 17.7 Å². The van der Waals surface area contributed by atoms with E-state index in [1.165, 1.54) is 0 Å². The van der Waals surface area contributed by atoms with Crippen molar-refractivity contribution in [1.29, 1.82) is 0 Å². The molecular formula is C23H29NO3. The van der Waals surface area contributed by atoms with Crippen molar-refractivity contribution in [2.45, 2.75) is 45.8 Å². The summed E-state index contributed by atoms with van der Waals surface area (Å²) in [5, 5.41) is 3.00. The highest BCUT2D eigenvalue weighted by atomic mass is 16.6. The number of carbonyl (C=O) groups excluding carboxylic acids is 1. The Hall–Kier alpha value is -2.75. The van der Waals surface area contributed by atoms with Crippen molar-refractivity contribution >= 4 is 6.09 Å². The van der Waals surface area contributed by atoms with Crippen molar-refractivity contribution in [3.8, 4) is 5.75 Å². The second-order valence-electron chi connectivity index (χ2n) is 7.59. The molecule has 0 saturated carbocycles. The Kier molecular flexibility index (Phi) is 6.67. The number of alkyl carbamates (subject to hydrolysis) is 1. The Morgan fingerprint density at radius 2 is 1.93 bits per heavy atom. The molecule has 1 aliphatic rings. The summed E-state index contributed by atoms with van der Waals surface area (Å²) < 4.78 is 11.7. The van der Waals surface area contributed by atoms with Gasteiger partial charge < -0.3 is 14.8 Å². The summed E-state index contributed by atoms with van der Waals surface area (Å²) in [6, 6.07) is 7.22. The van der Waals surface area contributed by atoms with Crippen LogP contribution in [0.3, 0.4) is 0 Å². The Labute approximate surface area is 162 Å². The summed E-state index contributed by atoms with van der Waals surface area (Å²) in [6.07, 6.45) is 7.24.